The standard InChI is InChI=1S/C19H22N2O4/c1-13-11-15(21-9-3-4-10-21)6-7-16(13)20-18(22)12-24-19(23)17-8-5-14(2)25-17/h5-8,11H,3-4,9-10,12H2,1-2H3,(H,20,22). The Kier molecular flexibility index (Phi) is 5.07. The predicted molar refractivity (Wildman–Crippen MR) is 95.0 cm³/mol. The number of nitrogens with one attached hydrogen (secondary N) is 1. The normalized spacial score (nSPS) is 13.8. The van der Waals surface area contributed by atoms with Crippen molar-refractivity contribution in [3.05, 3.63) is 47.4 Å². The Morgan fingerprint density at radius 2 is 1.92 bits per heavy atom. The summed E-state index contributed by atoms with van der Waals surface area (Å²) in [6.07, 6.45) is 2.44. The quantitative estimate of drug-likeness (QED) is 0.844. The van der Waals surface area contributed by atoms with Crippen molar-refractivity contribution in [1.82, 2.24) is 0 Å². The highest BCUT2D eigenvalue weighted by atomic mass is 16.5. The first-order valence-corrected chi connectivity index (χ1v) is 8.42. The highest BCUT2D eigenvalue weighted by Crippen LogP contribution is 2.25. The Morgan fingerprint density at radius 3 is 2.56 bits per heavy atom. The maximum atomic E-state index is 12.0. The van der Waals surface area contributed by atoms with Gasteiger partial charge in [-0.2, -0.15) is 0 Å². The fourth-order valence-electron chi connectivity index (χ4n) is 2.89. The maximum absolute atomic E-state index is 12.0. The van der Waals surface area contributed by atoms with Gasteiger partial charge in [-0.05, 0) is 62.6 Å². The molecule has 1 aliphatic rings. The Bertz CT molecular complexity index is 775. The van der Waals surface area contributed by atoms with Gasteiger partial charge >= 0.3 is 5.97 Å². The topological polar surface area (TPSA) is 71.8 Å². The van der Waals surface area contributed by atoms with Crippen molar-refractivity contribution in [2.75, 3.05) is 29.9 Å². The van der Waals surface area contributed by atoms with Gasteiger partial charge in [0.2, 0.25) is 5.76 Å². The highest BCUT2D eigenvalue weighted by molar-refractivity contribution is 5.95. The van der Waals surface area contributed by atoms with E-state index in [2.05, 4.69) is 16.3 Å². The number of aryl methyl sites for hydroxylation is 2. The van der Waals surface area contributed by atoms with Gasteiger partial charge in [-0.1, -0.05) is 0 Å². The van der Waals surface area contributed by atoms with E-state index >= 15 is 0 Å². The van der Waals surface area contributed by atoms with Crippen LogP contribution in [0.25, 0.3) is 0 Å². The number of carbonyl (C=O) groups is 2. The van der Waals surface area contributed by atoms with Crippen molar-refractivity contribution >= 4 is 23.3 Å². The number of benzene rings is 1. The zero-order chi connectivity index (χ0) is 17.8. The van der Waals surface area contributed by atoms with Crippen molar-refractivity contribution in [1.29, 1.82) is 0 Å². The number of furan rings is 1. The zero-order valence-electron chi connectivity index (χ0n) is 14.5. The van der Waals surface area contributed by atoms with Crippen LogP contribution in [0.15, 0.2) is 34.7 Å². The Morgan fingerprint density at radius 1 is 1.16 bits per heavy atom. The minimum absolute atomic E-state index is 0.0939. The number of esters is 1. The van der Waals surface area contributed by atoms with Crippen LogP contribution in [-0.2, 0) is 9.53 Å². The molecular formula is C19H22N2O4. The maximum Gasteiger partial charge on any atom is 0.374 e. The minimum atomic E-state index is -0.649. The lowest BCUT2D eigenvalue weighted by Gasteiger charge is -2.19. The van der Waals surface area contributed by atoms with Crippen LogP contribution in [0.4, 0.5) is 11.4 Å². The van der Waals surface area contributed by atoms with Gasteiger partial charge in [0.25, 0.3) is 5.91 Å². The first-order valence-electron chi connectivity index (χ1n) is 8.42. The van der Waals surface area contributed by atoms with E-state index in [9.17, 15) is 9.59 Å². The Hall–Kier alpha value is -2.76. The van der Waals surface area contributed by atoms with E-state index in [1.165, 1.54) is 24.6 Å². The number of nitrogens with zero attached hydrogens (tertiary/aromatic N) is 1. The molecule has 1 fully saturated rings. The molecule has 2 aromatic rings. The number of hydrogen-bond donors (Lipinski definition) is 1. The average molecular weight is 342 g/mol. The van der Waals surface area contributed by atoms with Crippen LogP contribution in [0, 0.1) is 13.8 Å². The van der Waals surface area contributed by atoms with Crippen LogP contribution in [0.1, 0.15) is 34.7 Å². The largest absolute Gasteiger partial charge is 0.454 e. The second kappa shape index (κ2) is 7.42. The summed E-state index contributed by atoms with van der Waals surface area (Å²) in [6.45, 7) is 5.48. The molecule has 6 heteroatoms. The lowest BCUT2D eigenvalue weighted by Crippen LogP contribution is -2.21. The molecule has 0 radical (unpaired) electrons. The molecule has 2 heterocycles. The number of ether oxygens (including phenoxy) is 1. The zero-order valence-corrected chi connectivity index (χ0v) is 14.5. The van der Waals surface area contributed by atoms with Gasteiger partial charge in [-0.15, -0.1) is 0 Å². The summed E-state index contributed by atoms with van der Waals surface area (Å²) >= 11 is 0. The number of amides is 1. The van der Waals surface area contributed by atoms with Gasteiger partial charge in [-0.3, -0.25) is 4.79 Å². The fraction of sp³-hybridized carbons (Fsp3) is 0.368. The second-order valence-electron chi connectivity index (χ2n) is 6.23. The van der Waals surface area contributed by atoms with Gasteiger partial charge in [0.1, 0.15) is 5.76 Å². The fourth-order valence-corrected chi connectivity index (χ4v) is 2.89. The number of rotatable bonds is 5. The third-order valence-electron chi connectivity index (χ3n) is 4.23. The van der Waals surface area contributed by atoms with E-state index in [1.807, 2.05) is 19.1 Å². The average Bonchev–Trinajstić information content (AvgIpc) is 3.26. The lowest BCUT2D eigenvalue weighted by atomic mass is 10.1. The van der Waals surface area contributed by atoms with Crippen LogP contribution >= 0.6 is 0 Å². The van der Waals surface area contributed by atoms with Crippen LogP contribution in [-0.4, -0.2) is 31.6 Å². The molecule has 0 aliphatic carbocycles. The SMILES string of the molecule is Cc1ccc(C(=O)OCC(=O)Nc2ccc(N3CCCC3)cc2C)o1. The van der Waals surface area contributed by atoms with Crippen LogP contribution in [0.5, 0.6) is 0 Å². The molecule has 1 saturated heterocycles. The van der Waals surface area contributed by atoms with Gasteiger partial charge in [0.15, 0.2) is 6.61 Å². The van der Waals surface area contributed by atoms with Gasteiger partial charge in [-0.25, -0.2) is 4.79 Å². The molecule has 1 N–H and O–H groups in total. The van der Waals surface area contributed by atoms with E-state index in [4.69, 9.17) is 9.15 Å². The number of carbonyl (C=O) groups excluding carboxylic acids is 2. The molecule has 6 nitrogen and oxygen atoms in total. The molecule has 0 spiro atoms. The summed E-state index contributed by atoms with van der Waals surface area (Å²) in [5.41, 5.74) is 2.87. The van der Waals surface area contributed by atoms with Crippen molar-refractivity contribution in [2.45, 2.75) is 26.7 Å². The number of anilines is 2. The van der Waals surface area contributed by atoms with Crippen molar-refractivity contribution < 1.29 is 18.7 Å². The summed E-state index contributed by atoms with van der Waals surface area (Å²) in [4.78, 5) is 26.1. The van der Waals surface area contributed by atoms with Gasteiger partial charge < -0.3 is 19.4 Å². The highest BCUT2D eigenvalue weighted by Gasteiger charge is 2.16. The molecule has 132 valence electrons. The van der Waals surface area contributed by atoms with Crippen molar-refractivity contribution in [3.8, 4) is 0 Å². The number of hydrogen-bond acceptors (Lipinski definition) is 5. The molecule has 0 atom stereocenters. The summed E-state index contributed by atoms with van der Waals surface area (Å²) in [7, 11) is 0. The van der Waals surface area contributed by atoms with Crippen molar-refractivity contribution in [3.63, 3.8) is 0 Å². The molecule has 1 aromatic carbocycles. The lowest BCUT2D eigenvalue weighted by molar-refractivity contribution is -0.119. The third kappa shape index (κ3) is 4.21. The molecule has 25 heavy (non-hydrogen) atoms. The third-order valence-corrected chi connectivity index (χ3v) is 4.23. The summed E-state index contributed by atoms with van der Waals surface area (Å²) in [5, 5.41) is 2.77. The molecule has 0 bridgehead atoms. The minimum Gasteiger partial charge on any atom is -0.454 e. The molecule has 0 saturated carbocycles. The van der Waals surface area contributed by atoms with E-state index in [0.717, 1.165) is 24.3 Å². The van der Waals surface area contributed by atoms with Crippen LogP contribution in [0.3, 0.4) is 0 Å². The second-order valence-corrected chi connectivity index (χ2v) is 6.23. The smallest absolute Gasteiger partial charge is 0.374 e. The molecule has 1 aliphatic heterocycles. The summed E-state index contributed by atoms with van der Waals surface area (Å²) in [5.74, 6) is -0.320. The summed E-state index contributed by atoms with van der Waals surface area (Å²) < 4.78 is 10.1. The molecule has 1 amide bonds. The monoisotopic (exact) mass is 342 g/mol. The molecule has 0 unspecified atom stereocenters. The van der Waals surface area contributed by atoms with Crippen LogP contribution in [0.2, 0.25) is 0 Å². The van der Waals surface area contributed by atoms with Crippen LogP contribution < -0.4 is 10.2 Å². The molecule has 1 aromatic heterocycles. The summed E-state index contributed by atoms with van der Waals surface area (Å²) in [6, 6.07) is 9.15. The first-order chi connectivity index (χ1) is 12.0. The van der Waals surface area contributed by atoms with E-state index in [1.54, 1.807) is 13.0 Å². The predicted octanol–water partition coefficient (Wildman–Crippen LogP) is 3.29. The Balaban J connectivity index is 1.54. The Labute approximate surface area is 146 Å². The molecular weight excluding hydrogens is 320 g/mol. The van der Waals surface area contributed by atoms with Crippen molar-refractivity contribution in [2.24, 2.45) is 0 Å². The van der Waals surface area contributed by atoms with E-state index < -0.39 is 5.97 Å². The van der Waals surface area contributed by atoms with Gasteiger partial charge in [0.05, 0.1) is 0 Å². The van der Waals surface area contributed by atoms with Gasteiger partial charge in [0, 0.05) is 24.5 Å². The first kappa shape index (κ1) is 17.1. The van der Waals surface area contributed by atoms with E-state index in [0.29, 0.717) is 5.76 Å². The van der Waals surface area contributed by atoms with E-state index in [-0.39, 0.29) is 18.3 Å². The molecule has 3 rings (SSSR count).